The number of hydrogen-bond donors (Lipinski definition) is 2. The number of aromatic nitrogens is 1. The summed E-state index contributed by atoms with van der Waals surface area (Å²) in [7, 11) is 1.88. The Kier molecular flexibility index (Phi) is 2.56. The van der Waals surface area contributed by atoms with Crippen molar-refractivity contribution in [3.63, 3.8) is 0 Å². The van der Waals surface area contributed by atoms with Gasteiger partial charge in [-0.05, 0) is 24.1 Å². The number of hydrogen-bond acceptors (Lipinski definition) is 2. The summed E-state index contributed by atoms with van der Waals surface area (Å²) in [6, 6.07) is 5.30. The molecule has 0 aliphatic carbocycles. The summed E-state index contributed by atoms with van der Waals surface area (Å²) in [6.45, 7) is 0. The first-order valence-electron chi connectivity index (χ1n) is 5.07. The Morgan fingerprint density at radius 2 is 2.19 bits per heavy atom. The zero-order valence-corrected chi connectivity index (χ0v) is 8.97. The summed E-state index contributed by atoms with van der Waals surface area (Å²) in [5.41, 5.74) is 1.79. The number of rotatable bonds is 3. The molecule has 4 nitrogen and oxygen atoms in total. The Labute approximate surface area is 92.7 Å². The van der Waals surface area contributed by atoms with Gasteiger partial charge in [-0.15, -0.1) is 0 Å². The second kappa shape index (κ2) is 3.89. The van der Waals surface area contributed by atoms with Crippen LogP contribution in [-0.4, -0.2) is 20.7 Å². The van der Waals surface area contributed by atoms with E-state index in [9.17, 15) is 9.90 Å². The van der Waals surface area contributed by atoms with Crippen LogP contribution in [-0.2, 0) is 18.3 Å². The van der Waals surface area contributed by atoms with E-state index in [0.717, 1.165) is 16.5 Å². The SMILES string of the molecule is Cn1cc(CCC(=O)O)c2c(O)cccc21. The van der Waals surface area contributed by atoms with Gasteiger partial charge in [0.05, 0.1) is 5.52 Å². The summed E-state index contributed by atoms with van der Waals surface area (Å²) < 4.78 is 1.90. The fraction of sp³-hybridized carbons (Fsp3) is 0.250. The molecule has 16 heavy (non-hydrogen) atoms. The van der Waals surface area contributed by atoms with Crippen LogP contribution in [0.25, 0.3) is 10.9 Å². The molecule has 2 N–H and O–H groups in total. The molecule has 0 unspecified atom stereocenters. The first-order chi connectivity index (χ1) is 7.59. The third-order valence-corrected chi connectivity index (χ3v) is 2.68. The predicted molar refractivity (Wildman–Crippen MR) is 60.5 cm³/mol. The van der Waals surface area contributed by atoms with Crippen LogP contribution in [0.5, 0.6) is 5.75 Å². The van der Waals surface area contributed by atoms with E-state index in [1.54, 1.807) is 12.1 Å². The van der Waals surface area contributed by atoms with Crippen LogP contribution in [0.1, 0.15) is 12.0 Å². The van der Waals surface area contributed by atoms with E-state index in [0.29, 0.717) is 6.42 Å². The van der Waals surface area contributed by atoms with Gasteiger partial charge in [-0.2, -0.15) is 0 Å². The number of phenols is 1. The van der Waals surface area contributed by atoms with Gasteiger partial charge in [0.1, 0.15) is 5.75 Å². The Morgan fingerprint density at radius 1 is 1.44 bits per heavy atom. The number of carboxylic acids is 1. The molecule has 0 fully saturated rings. The predicted octanol–water partition coefficient (Wildman–Crippen LogP) is 1.90. The van der Waals surface area contributed by atoms with E-state index >= 15 is 0 Å². The van der Waals surface area contributed by atoms with Crippen LogP contribution >= 0.6 is 0 Å². The van der Waals surface area contributed by atoms with Crippen molar-refractivity contribution in [1.82, 2.24) is 4.57 Å². The van der Waals surface area contributed by atoms with Crippen molar-refractivity contribution in [3.8, 4) is 5.75 Å². The molecule has 1 aromatic carbocycles. The average molecular weight is 219 g/mol. The lowest BCUT2D eigenvalue weighted by atomic mass is 10.1. The van der Waals surface area contributed by atoms with E-state index in [2.05, 4.69) is 0 Å². The minimum Gasteiger partial charge on any atom is -0.507 e. The van der Waals surface area contributed by atoms with Gasteiger partial charge in [0.25, 0.3) is 0 Å². The number of carbonyl (C=O) groups is 1. The number of aryl methyl sites for hydroxylation is 2. The van der Waals surface area contributed by atoms with Crippen LogP contribution in [0, 0.1) is 0 Å². The van der Waals surface area contributed by atoms with E-state index in [4.69, 9.17) is 5.11 Å². The van der Waals surface area contributed by atoms with Crippen LogP contribution in [0.2, 0.25) is 0 Å². The second-order valence-electron chi connectivity index (χ2n) is 3.83. The van der Waals surface area contributed by atoms with Gasteiger partial charge in [0.15, 0.2) is 0 Å². The highest BCUT2D eigenvalue weighted by molar-refractivity contribution is 5.90. The average Bonchev–Trinajstić information content (AvgIpc) is 2.55. The van der Waals surface area contributed by atoms with Crippen molar-refractivity contribution in [2.45, 2.75) is 12.8 Å². The molecule has 0 saturated carbocycles. The summed E-state index contributed by atoms with van der Waals surface area (Å²) >= 11 is 0. The van der Waals surface area contributed by atoms with E-state index in [-0.39, 0.29) is 12.2 Å². The molecule has 0 aliphatic heterocycles. The number of benzene rings is 1. The van der Waals surface area contributed by atoms with Gasteiger partial charge in [0, 0.05) is 25.1 Å². The Balaban J connectivity index is 2.49. The molecule has 0 aliphatic rings. The highest BCUT2D eigenvalue weighted by Crippen LogP contribution is 2.29. The zero-order valence-electron chi connectivity index (χ0n) is 8.97. The molecule has 1 aromatic heterocycles. The maximum atomic E-state index is 10.5. The maximum absolute atomic E-state index is 10.5. The summed E-state index contributed by atoms with van der Waals surface area (Å²) in [4.78, 5) is 10.5. The number of aromatic hydroxyl groups is 1. The maximum Gasteiger partial charge on any atom is 0.303 e. The van der Waals surface area contributed by atoms with E-state index in [1.165, 1.54) is 0 Å². The first-order valence-corrected chi connectivity index (χ1v) is 5.07. The zero-order chi connectivity index (χ0) is 11.7. The van der Waals surface area contributed by atoms with Gasteiger partial charge in [-0.1, -0.05) is 6.07 Å². The fourth-order valence-corrected chi connectivity index (χ4v) is 1.95. The van der Waals surface area contributed by atoms with Gasteiger partial charge in [-0.25, -0.2) is 0 Å². The van der Waals surface area contributed by atoms with E-state index < -0.39 is 5.97 Å². The number of nitrogens with zero attached hydrogens (tertiary/aromatic N) is 1. The summed E-state index contributed by atoms with van der Waals surface area (Å²) in [5.74, 6) is -0.620. The summed E-state index contributed by atoms with van der Waals surface area (Å²) in [6.07, 6.45) is 2.38. The largest absolute Gasteiger partial charge is 0.507 e. The Bertz CT molecular complexity index is 542. The monoisotopic (exact) mass is 219 g/mol. The summed E-state index contributed by atoms with van der Waals surface area (Å²) in [5, 5.41) is 19.2. The molecule has 0 bridgehead atoms. The van der Waals surface area contributed by atoms with Crippen LogP contribution in [0.3, 0.4) is 0 Å². The second-order valence-corrected chi connectivity index (χ2v) is 3.83. The molecule has 4 heteroatoms. The minimum atomic E-state index is -0.826. The van der Waals surface area contributed by atoms with Gasteiger partial charge >= 0.3 is 5.97 Å². The van der Waals surface area contributed by atoms with E-state index in [1.807, 2.05) is 23.9 Å². The molecular weight excluding hydrogens is 206 g/mol. The highest BCUT2D eigenvalue weighted by Gasteiger charge is 2.11. The normalized spacial score (nSPS) is 10.8. The highest BCUT2D eigenvalue weighted by atomic mass is 16.4. The van der Waals surface area contributed by atoms with Crippen LogP contribution in [0.15, 0.2) is 24.4 Å². The molecule has 0 radical (unpaired) electrons. The lowest BCUT2D eigenvalue weighted by Gasteiger charge is -1.99. The van der Waals surface area contributed by atoms with Gasteiger partial charge in [0.2, 0.25) is 0 Å². The Hall–Kier alpha value is -1.97. The van der Waals surface area contributed by atoms with Crippen molar-refractivity contribution < 1.29 is 15.0 Å². The standard InChI is InChI=1S/C12H13NO3/c1-13-7-8(5-6-11(15)16)12-9(13)3-2-4-10(12)14/h2-4,7,14H,5-6H2,1H3,(H,15,16). The molecule has 0 spiro atoms. The fourth-order valence-electron chi connectivity index (χ4n) is 1.95. The van der Waals surface area contributed by atoms with Crippen molar-refractivity contribution in [2.24, 2.45) is 7.05 Å². The number of fused-ring (bicyclic) bond motifs is 1. The quantitative estimate of drug-likeness (QED) is 0.828. The van der Waals surface area contributed by atoms with Crippen molar-refractivity contribution in [3.05, 3.63) is 30.0 Å². The van der Waals surface area contributed by atoms with Crippen molar-refractivity contribution >= 4 is 16.9 Å². The molecule has 1 heterocycles. The third-order valence-electron chi connectivity index (χ3n) is 2.68. The topological polar surface area (TPSA) is 62.5 Å². The Morgan fingerprint density at radius 3 is 2.88 bits per heavy atom. The molecule has 0 amide bonds. The van der Waals surface area contributed by atoms with Crippen LogP contribution < -0.4 is 0 Å². The minimum absolute atomic E-state index is 0.0768. The van der Waals surface area contributed by atoms with Gasteiger partial charge in [-0.3, -0.25) is 4.79 Å². The lowest BCUT2D eigenvalue weighted by Crippen LogP contribution is -1.96. The van der Waals surface area contributed by atoms with Crippen molar-refractivity contribution in [1.29, 1.82) is 0 Å². The van der Waals surface area contributed by atoms with Crippen LogP contribution in [0.4, 0.5) is 0 Å². The molecule has 0 saturated heterocycles. The number of aliphatic carboxylic acids is 1. The first kappa shape index (κ1) is 10.5. The molecular formula is C12H13NO3. The molecule has 2 aromatic rings. The number of phenolic OH excluding ortho intramolecular Hbond substituents is 1. The smallest absolute Gasteiger partial charge is 0.303 e. The van der Waals surface area contributed by atoms with Gasteiger partial charge < -0.3 is 14.8 Å². The molecule has 0 atom stereocenters. The third kappa shape index (κ3) is 1.74. The number of carboxylic acid groups (broad SMARTS) is 1. The molecule has 2 rings (SSSR count). The lowest BCUT2D eigenvalue weighted by molar-refractivity contribution is -0.136. The van der Waals surface area contributed by atoms with Crippen molar-refractivity contribution in [2.75, 3.05) is 0 Å². The molecule has 84 valence electrons.